The number of likely N-dealkylation sites (tertiary alicyclic amines) is 1. The van der Waals surface area contributed by atoms with Gasteiger partial charge in [-0.25, -0.2) is 0 Å². The van der Waals surface area contributed by atoms with Crippen molar-refractivity contribution in [2.75, 3.05) is 25.0 Å². The molecule has 1 aliphatic heterocycles. The molecule has 0 spiro atoms. The van der Waals surface area contributed by atoms with E-state index in [1.807, 2.05) is 0 Å². The van der Waals surface area contributed by atoms with Gasteiger partial charge in [0, 0.05) is 31.4 Å². The molecule has 1 aromatic rings. The van der Waals surface area contributed by atoms with Crippen LogP contribution in [0.4, 0.5) is 5.69 Å². The Kier molecular flexibility index (Phi) is 4.06. The van der Waals surface area contributed by atoms with E-state index in [1.165, 1.54) is 24.2 Å². The SMILES string of the molecule is Cc1cccc(NCCN2CC(C)CC2C)c1. The maximum absolute atomic E-state index is 3.51. The molecule has 0 amide bonds. The molecule has 17 heavy (non-hydrogen) atoms. The first-order chi connectivity index (χ1) is 8.15. The Hall–Kier alpha value is -1.02. The lowest BCUT2D eigenvalue weighted by Gasteiger charge is -2.21. The van der Waals surface area contributed by atoms with Crippen molar-refractivity contribution in [1.82, 2.24) is 4.90 Å². The molecule has 1 fully saturated rings. The summed E-state index contributed by atoms with van der Waals surface area (Å²) in [6, 6.07) is 9.34. The molecule has 1 aliphatic rings. The van der Waals surface area contributed by atoms with Gasteiger partial charge < -0.3 is 5.32 Å². The predicted octanol–water partition coefficient (Wildman–Crippen LogP) is 3.14. The Balaban J connectivity index is 1.76. The maximum Gasteiger partial charge on any atom is 0.0343 e. The molecule has 0 saturated carbocycles. The fourth-order valence-corrected chi connectivity index (χ4v) is 2.80. The van der Waals surface area contributed by atoms with E-state index in [0.717, 1.165) is 25.0 Å². The Labute approximate surface area is 105 Å². The highest BCUT2D eigenvalue weighted by Crippen LogP contribution is 2.21. The van der Waals surface area contributed by atoms with Gasteiger partial charge in [-0.15, -0.1) is 0 Å². The van der Waals surface area contributed by atoms with E-state index in [-0.39, 0.29) is 0 Å². The zero-order valence-electron chi connectivity index (χ0n) is 11.2. The number of anilines is 1. The van der Waals surface area contributed by atoms with Gasteiger partial charge >= 0.3 is 0 Å². The largest absolute Gasteiger partial charge is 0.384 e. The van der Waals surface area contributed by atoms with Gasteiger partial charge in [0.15, 0.2) is 0 Å². The van der Waals surface area contributed by atoms with Crippen molar-refractivity contribution in [2.24, 2.45) is 5.92 Å². The van der Waals surface area contributed by atoms with E-state index in [9.17, 15) is 0 Å². The standard InChI is InChI=1S/C15H24N2/c1-12-5-4-6-15(10-12)16-7-8-17-11-13(2)9-14(17)3/h4-6,10,13-14,16H,7-9,11H2,1-3H3. The first-order valence-electron chi connectivity index (χ1n) is 6.70. The first-order valence-corrected chi connectivity index (χ1v) is 6.70. The fraction of sp³-hybridized carbons (Fsp3) is 0.600. The first kappa shape index (κ1) is 12.4. The normalized spacial score (nSPS) is 25.1. The van der Waals surface area contributed by atoms with Crippen molar-refractivity contribution in [3.8, 4) is 0 Å². The summed E-state index contributed by atoms with van der Waals surface area (Å²) in [5.74, 6) is 0.865. The summed E-state index contributed by atoms with van der Waals surface area (Å²) in [5.41, 5.74) is 2.56. The van der Waals surface area contributed by atoms with Crippen molar-refractivity contribution >= 4 is 5.69 Å². The van der Waals surface area contributed by atoms with Gasteiger partial charge in [0.05, 0.1) is 0 Å². The summed E-state index contributed by atoms with van der Waals surface area (Å²) in [7, 11) is 0. The quantitative estimate of drug-likeness (QED) is 0.858. The highest BCUT2D eigenvalue weighted by Gasteiger charge is 2.24. The number of rotatable bonds is 4. The van der Waals surface area contributed by atoms with Crippen molar-refractivity contribution in [2.45, 2.75) is 33.2 Å². The zero-order valence-corrected chi connectivity index (χ0v) is 11.2. The summed E-state index contributed by atoms with van der Waals surface area (Å²) >= 11 is 0. The molecule has 2 atom stereocenters. The average Bonchev–Trinajstić information content (AvgIpc) is 2.58. The Bertz CT molecular complexity index is 362. The number of benzene rings is 1. The van der Waals surface area contributed by atoms with E-state index >= 15 is 0 Å². The molecule has 0 radical (unpaired) electrons. The lowest BCUT2D eigenvalue weighted by atomic mass is 10.1. The average molecular weight is 232 g/mol. The predicted molar refractivity (Wildman–Crippen MR) is 74.5 cm³/mol. The van der Waals surface area contributed by atoms with Crippen molar-refractivity contribution in [1.29, 1.82) is 0 Å². The van der Waals surface area contributed by atoms with Crippen LogP contribution in [0, 0.1) is 12.8 Å². The third-order valence-electron chi connectivity index (χ3n) is 3.66. The van der Waals surface area contributed by atoms with E-state index in [4.69, 9.17) is 0 Å². The van der Waals surface area contributed by atoms with E-state index in [2.05, 4.69) is 55.3 Å². The van der Waals surface area contributed by atoms with Gasteiger partial charge in [-0.2, -0.15) is 0 Å². The minimum Gasteiger partial charge on any atom is -0.384 e. The monoisotopic (exact) mass is 232 g/mol. The van der Waals surface area contributed by atoms with Gasteiger partial charge in [0.25, 0.3) is 0 Å². The third kappa shape index (κ3) is 3.47. The highest BCUT2D eigenvalue weighted by atomic mass is 15.2. The van der Waals surface area contributed by atoms with Gasteiger partial charge in [-0.05, 0) is 43.9 Å². The van der Waals surface area contributed by atoms with Gasteiger partial charge in [0.2, 0.25) is 0 Å². The fourth-order valence-electron chi connectivity index (χ4n) is 2.80. The third-order valence-corrected chi connectivity index (χ3v) is 3.66. The Morgan fingerprint density at radius 2 is 2.18 bits per heavy atom. The topological polar surface area (TPSA) is 15.3 Å². The van der Waals surface area contributed by atoms with Crippen LogP contribution in [0.15, 0.2) is 24.3 Å². The lowest BCUT2D eigenvalue weighted by Crippen LogP contribution is -2.32. The van der Waals surface area contributed by atoms with E-state index in [1.54, 1.807) is 0 Å². The molecule has 2 nitrogen and oxygen atoms in total. The van der Waals surface area contributed by atoms with Crippen LogP contribution < -0.4 is 5.32 Å². The molecule has 2 unspecified atom stereocenters. The minimum absolute atomic E-state index is 0.754. The van der Waals surface area contributed by atoms with Gasteiger partial charge in [-0.1, -0.05) is 19.1 Å². The summed E-state index contributed by atoms with van der Waals surface area (Å²) in [4.78, 5) is 2.59. The van der Waals surface area contributed by atoms with Crippen LogP contribution >= 0.6 is 0 Å². The highest BCUT2D eigenvalue weighted by molar-refractivity contribution is 5.45. The van der Waals surface area contributed by atoms with Crippen LogP contribution in [0.1, 0.15) is 25.8 Å². The molecular weight excluding hydrogens is 208 g/mol. The molecule has 1 aromatic carbocycles. The zero-order chi connectivity index (χ0) is 12.3. The van der Waals surface area contributed by atoms with Crippen LogP contribution in [-0.4, -0.2) is 30.6 Å². The van der Waals surface area contributed by atoms with Crippen LogP contribution in [0.3, 0.4) is 0 Å². The molecule has 0 aromatic heterocycles. The molecule has 0 bridgehead atoms. The second kappa shape index (κ2) is 5.54. The van der Waals surface area contributed by atoms with Crippen LogP contribution in [0.2, 0.25) is 0 Å². The molecular formula is C15H24N2. The number of hydrogen-bond donors (Lipinski definition) is 1. The Morgan fingerprint density at radius 1 is 1.35 bits per heavy atom. The Morgan fingerprint density at radius 3 is 2.82 bits per heavy atom. The summed E-state index contributed by atoms with van der Waals surface area (Å²) in [6.07, 6.45) is 1.35. The second-order valence-electron chi connectivity index (χ2n) is 5.48. The van der Waals surface area contributed by atoms with Gasteiger partial charge in [-0.3, -0.25) is 4.90 Å². The van der Waals surface area contributed by atoms with Crippen LogP contribution in [-0.2, 0) is 0 Å². The smallest absolute Gasteiger partial charge is 0.0343 e. The van der Waals surface area contributed by atoms with Crippen LogP contribution in [0.5, 0.6) is 0 Å². The number of nitrogens with zero attached hydrogens (tertiary/aromatic N) is 1. The second-order valence-corrected chi connectivity index (χ2v) is 5.48. The van der Waals surface area contributed by atoms with Crippen molar-refractivity contribution in [3.63, 3.8) is 0 Å². The van der Waals surface area contributed by atoms with Crippen molar-refractivity contribution < 1.29 is 0 Å². The molecule has 94 valence electrons. The molecule has 2 heteroatoms. The number of nitrogens with one attached hydrogen (secondary N) is 1. The summed E-state index contributed by atoms with van der Waals surface area (Å²) < 4.78 is 0. The number of aryl methyl sites for hydroxylation is 1. The summed E-state index contributed by atoms with van der Waals surface area (Å²) in [6.45, 7) is 10.3. The molecule has 1 N–H and O–H groups in total. The molecule has 1 saturated heterocycles. The van der Waals surface area contributed by atoms with E-state index < -0.39 is 0 Å². The molecule has 1 heterocycles. The van der Waals surface area contributed by atoms with Crippen molar-refractivity contribution in [3.05, 3.63) is 29.8 Å². The van der Waals surface area contributed by atoms with Crippen LogP contribution in [0.25, 0.3) is 0 Å². The molecule has 0 aliphatic carbocycles. The van der Waals surface area contributed by atoms with Gasteiger partial charge in [0.1, 0.15) is 0 Å². The lowest BCUT2D eigenvalue weighted by molar-refractivity contribution is 0.275. The number of hydrogen-bond acceptors (Lipinski definition) is 2. The molecule has 2 rings (SSSR count). The minimum atomic E-state index is 0.754. The van der Waals surface area contributed by atoms with E-state index in [0.29, 0.717) is 0 Å². The summed E-state index contributed by atoms with van der Waals surface area (Å²) in [5, 5.41) is 3.51. The maximum atomic E-state index is 3.51.